The summed E-state index contributed by atoms with van der Waals surface area (Å²) in [6, 6.07) is 3.05. The smallest absolute Gasteiger partial charge is 0.253 e. The van der Waals surface area contributed by atoms with Gasteiger partial charge >= 0.3 is 0 Å². The van der Waals surface area contributed by atoms with Gasteiger partial charge in [0.15, 0.2) is 5.82 Å². The number of aromatic nitrogens is 3. The molecule has 0 fully saturated rings. The first kappa shape index (κ1) is 14.2. The summed E-state index contributed by atoms with van der Waals surface area (Å²) in [5, 5.41) is 6.74. The molecule has 1 N–H and O–H groups in total. The minimum Gasteiger partial charge on any atom is -0.340 e. The Morgan fingerprint density at radius 3 is 2.70 bits per heavy atom. The quantitative estimate of drug-likeness (QED) is 0.928. The number of nitrogens with one attached hydrogen (secondary N) is 1. The van der Waals surface area contributed by atoms with E-state index in [9.17, 15) is 4.79 Å². The fourth-order valence-electron chi connectivity index (χ4n) is 1.55. The SMILES string of the molecule is CC(NC(=O)c1cccnc1)c1nc(C(C)(C)C)no1. The van der Waals surface area contributed by atoms with Gasteiger partial charge in [-0.2, -0.15) is 4.98 Å². The van der Waals surface area contributed by atoms with Crippen LogP contribution in [0.5, 0.6) is 0 Å². The number of carbonyl (C=O) groups is 1. The largest absolute Gasteiger partial charge is 0.340 e. The lowest BCUT2D eigenvalue weighted by Gasteiger charge is -2.12. The van der Waals surface area contributed by atoms with Crippen molar-refractivity contribution in [1.29, 1.82) is 0 Å². The maximum absolute atomic E-state index is 12.0. The fourth-order valence-corrected chi connectivity index (χ4v) is 1.55. The van der Waals surface area contributed by atoms with E-state index >= 15 is 0 Å². The van der Waals surface area contributed by atoms with E-state index in [2.05, 4.69) is 20.4 Å². The van der Waals surface area contributed by atoms with Crippen molar-refractivity contribution in [3.05, 3.63) is 41.8 Å². The van der Waals surface area contributed by atoms with Crippen LogP contribution in [-0.2, 0) is 5.41 Å². The molecule has 6 heteroatoms. The molecule has 0 aliphatic heterocycles. The summed E-state index contributed by atoms with van der Waals surface area (Å²) in [7, 11) is 0. The van der Waals surface area contributed by atoms with Crippen molar-refractivity contribution in [2.75, 3.05) is 0 Å². The van der Waals surface area contributed by atoms with Crippen molar-refractivity contribution >= 4 is 5.91 Å². The third kappa shape index (κ3) is 3.20. The van der Waals surface area contributed by atoms with Gasteiger partial charge in [0.1, 0.15) is 6.04 Å². The lowest BCUT2D eigenvalue weighted by Crippen LogP contribution is -2.27. The van der Waals surface area contributed by atoms with Crippen LogP contribution in [-0.4, -0.2) is 21.0 Å². The van der Waals surface area contributed by atoms with E-state index in [4.69, 9.17) is 4.52 Å². The molecule has 106 valence electrons. The summed E-state index contributed by atoms with van der Waals surface area (Å²) in [6.07, 6.45) is 3.13. The van der Waals surface area contributed by atoms with E-state index in [0.29, 0.717) is 17.3 Å². The number of hydrogen-bond donors (Lipinski definition) is 1. The van der Waals surface area contributed by atoms with E-state index in [0.717, 1.165) is 0 Å². The molecule has 0 spiro atoms. The van der Waals surface area contributed by atoms with Crippen LogP contribution in [0.15, 0.2) is 29.0 Å². The number of rotatable bonds is 3. The molecule has 0 aromatic carbocycles. The van der Waals surface area contributed by atoms with Gasteiger partial charge < -0.3 is 9.84 Å². The molecule has 2 rings (SSSR count). The number of nitrogens with zero attached hydrogens (tertiary/aromatic N) is 3. The predicted molar refractivity (Wildman–Crippen MR) is 73.1 cm³/mol. The topological polar surface area (TPSA) is 80.9 Å². The highest BCUT2D eigenvalue weighted by molar-refractivity contribution is 5.93. The highest BCUT2D eigenvalue weighted by atomic mass is 16.5. The zero-order chi connectivity index (χ0) is 14.8. The summed E-state index contributed by atoms with van der Waals surface area (Å²) in [6.45, 7) is 7.80. The Morgan fingerprint density at radius 2 is 2.15 bits per heavy atom. The third-order valence-electron chi connectivity index (χ3n) is 2.75. The van der Waals surface area contributed by atoms with Gasteiger partial charge in [-0.3, -0.25) is 9.78 Å². The van der Waals surface area contributed by atoms with E-state index in [-0.39, 0.29) is 17.4 Å². The molecule has 1 amide bonds. The van der Waals surface area contributed by atoms with Crippen LogP contribution in [0.2, 0.25) is 0 Å². The Hall–Kier alpha value is -2.24. The first-order valence-electron chi connectivity index (χ1n) is 6.43. The molecule has 2 heterocycles. The van der Waals surface area contributed by atoms with Crippen molar-refractivity contribution in [2.45, 2.75) is 39.2 Å². The Bertz CT molecular complexity index is 587. The van der Waals surface area contributed by atoms with Crippen LogP contribution in [0, 0.1) is 0 Å². The summed E-state index contributed by atoms with van der Waals surface area (Å²) < 4.78 is 5.20. The zero-order valence-electron chi connectivity index (χ0n) is 12.0. The van der Waals surface area contributed by atoms with E-state index < -0.39 is 0 Å². The third-order valence-corrected chi connectivity index (χ3v) is 2.75. The van der Waals surface area contributed by atoms with Crippen molar-refractivity contribution in [3.8, 4) is 0 Å². The van der Waals surface area contributed by atoms with Crippen LogP contribution in [0.4, 0.5) is 0 Å². The highest BCUT2D eigenvalue weighted by Gasteiger charge is 2.23. The second kappa shape index (κ2) is 5.40. The number of hydrogen-bond acceptors (Lipinski definition) is 5. The molecule has 1 unspecified atom stereocenters. The standard InChI is InChI=1S/C14H18N4O2/c1-9(12-17-13(18-20-12)14(2,3)4)16-11(19)10-6-5-7-15-8-10/h5-9H,1-4H3,(H,16,19). The van der Waals surface area contributed by atoms with Crippen molar-refractivity contribution < 1.29 is 9.32 Å². The second-order valence-corrected chi connectivity index (χ2v) is 5.64. The molecule has 2 aromatic heterocycles. The summed E-state index contributed by atoms with van der Waals surface area (Å²) in [4.78, 5) is 20.2. The molecule has 20 heavy (non-hydrogen) atoms. The fraction of sp³-hybridized carbons (Fsp3) is 0.429. The first-order valence-corrected chi connectivity index (χ1v) is 6.43. The highest BCUT2D eigenvalue weighted by Crippen LogP contribution is 2.20. The van der Waals surface area contributed by atoms with Crippen LogP contribution in [0.1, 0.15) is 55.8 Å². The Balaban J connectivity index is 2.07. The Kier molecular flexibility index (Phi) is 3.83. The molecule has 0 aliphatic rings. The van der Waals surface area contributed by atoms with Gasteiger partial charge in [-0.25, -0.2) is 0 Å². The van der Waals surface area contributed by atoms with Gasteiger partial charge in [-0.05, 0) is 19.1 Å². The van der Waals surface area contributed by atoms with Gasteiger partial charge in [-0.15, -0.1) is 0 Å². The molecule has 2 aromatic rings. The normalized spacial score (nSPS) is 13.0. The van der Waals surface area contributed by atoms with Gasteiger partial charge in [-0.1, -0.05) is 25.9 Å². The molecule has 1 atom stereocenters. The summed E-state index contributed by atoms with van der Waals surface area (Å²) >= 11 is 0. The lowest BCUT2D eigenvalue weighted by molar-refractivity contribution is 0.0932. The summed E-state index contributed by atoms with van der Waals surface area (Å²) in [5.74, 6) is 0.795. The van der Waals surface area contributed by atoms with Gasteiger partial charge in [0.25, 0.3) is 5.91 Å². The lowest BCUT2D eigenvalue weighted by atomic mass is 9.96. The molecule has 0 bridgehead atoms. The van der Waals surface area contributed by atoms with Gasteiger partial charge in [0.05, 0.1) is 5.56 Å². The van der Waals surface area contributed by atoms with E-state index in [1.54, 1.807) is 25.3 Å². The second-order valence-electron chi connectivity index (χ2n) is 5.64. The van der Waals surface area contributed by atoms with E-state index in [1.807, 2.05) is 20.8 Å². The average Bonchev–Trinajstić information content (AvgIpc) is 2.89. The average molecular weight is 274 g/mol. The van der Waals surface area contributed by atoms with Crippen molar-refractivity contribution in [1.82, 2.24) is 20.4 Å². The number of pyridine rings is 1. The summed E-state index contributed by atoms with van der Waals surface area (Å²) in [5.41, 5.74) is 0.310. The van der Waals surface area contributed by atoms with Gasteiger partial charge in [0, 0.05) is 17.8 Å². The predicted octanol–water partition coefficient (Wildman–Crippen LogP) is 2.25. The first-order chi connectivity index (χ1) is 9.38. The molecule has 0 saturated heterocycles. The molecule has 0 radical (unpaired) electrons. The van der Waals surface area contributed by atoms with Crippen molar-refractivity contribution in [3.63, 3.8) is 0 Å². The van der Waals surface area contributed by atoms with E-state index in [1.165, 1.54) is 6.20 Å². The monoisotopic (exact) mass is 274 g/mol. The zero-order valence-corrected chi connectivity index (χ0v) is 12.0. The minimum atomic E-state index is -0.355. The Morgan fingerprint density at radius 1 is 1.40 bits per heavy atom. The molecule has 6 nitrogen and oxygen atoms in total. The van der Waals surface area contributed by atoms with Crippen LogP contribution in [0.3, 0.4) is 0 Å². The number of carbonyl (C=O) groups excluding carboxylic acids is 1. The molecular weight excluding hydrogens is 256 g/mol. The maximum Gasteiger partial charge on any atom is 0.253 e. The minimum absolute atomic E-state index is 0.186. The van der Waals surface area contributed by atoms with Crippen LogP contribution >= 0.6 is 0 Å². The van der Waals surface area contributed by atoms with Crippen LogP contribution < -0.4 is 5.32 Å². The number of amides is 1. The molecular formula is C14H18N4O2. The van der Waals surface area contributed by atoms with Crippen molar-refractivity contribution in [2.24, 2.45) is 0 Å². The molecule has 0 saturated carbocycles. The Labute approximate surface area is 117 Å². The molecule has 0 aliphatic carbocycles. The van der Waals surface area contributed by atoms with Gasteiger partial charge in [0.2, 0.25) is 5.89 Å². The maximum atomic E-state index is 12.0. The van der Waals surface area contributed by atoms with Crippen LogP contribution in [0.25, 0.3) is 0 Å².